The summed E-state index contributed by atoms with van der Waals surface area (Å²) in [7, 11) is 0. The van der Waals surface area contributed by atoms with E-state index in [2.05, 4.69) is 5.32 Å². The Hall–Kier alpha value is -2.12. The van der Waals surface area contributed by atoms with Crippen molar-refractivity contribution in [3.05, 3.63) is 34.9 Å². The van der Waals surface area contributed by atoms with Crippen molar-refractivity contribution in [1.29, 1.82) is 0 Å². The topological polar surface area (TPSA) is 79.0 Å². The van der Waals surface area contributed by atoms with Crippen LogP contribution in [0.3, 0.4) is 0 Å². The molecule has 0 unspecified atom stereocenters. The Morgan fingerprint density at radius 3 is 2.58 bits per heavy atom. The molecule has 130 valence electrons. The Bertz CT molecular complexity index is 606. The van der Waals surface area contributed by atoms with Crippen molar-refractivity contribution in [3.8, 4) is 0 Å². The summed E-state index contributed by atoms with van der Waals surface area (Å²) in [5.41, 5.74) is 0.905. The predicted octanol–water partition coefficient (Wildman–Crippen LogP) is 1.26. The number of rotatable bonds is 7. The Morgan fingerprint density at radius 2 is 2.00 bits per heavy atom. The van der Waals surface area contributed by atoms with Crippen LogP contribution in [0, 0.1) is 0 Å². The molecule has 1 fully saturated rings. The van der Waals surface area contributed by atoms with E-state index in [0.717, 1.165) is 10.5 Å². The molecule has 0 aliphatic carbocycles. The maximum Gasteiger partial charge on any atom is 0.324 e. The summed E-state index contributed by atoms with van der Waals surface area (Å²) < 4.78 is 4.95. The van der Waals surface area contributed by atoms with E-state index in [4.69, 9.17) is 16.3 Å². The molecule has 0 atom stereocenters. The molecule has 1 saturated heterocycles. The second-order valence-electron chi connectivity index (χ2n) is 5.35. The monoisotopic (exact) mass is 353 g/mol. The molecule has 1 heterocycles. The van der Waals surface area contributed by atoms with Crippen LogP contribution >= 0.6 is 11.6 Å². The lowest BCUT2D eigenvalue weighted by Crippen LogP contribution is -2.43. The van der Waals surface area contributed by atoms with Gasteiger partial charge in [-0.05, 0) is 24.6 Å². The lowest BCUT2D eigenvalue weighted by Gasteiger charge is -2.23. The molecule has 0 aromatic heterocycles. The lowest BCUT2D eigenvalue weighted by atomic mass is 10.2. The number of amides is 3. The summed E-state index contributed by atoms with van der Waals surface area (Å²) in [5.74, 6) is -0.756. The summed E-state index contributed by atoms with van der Waals surface area (Å²) in [6.45, 7) is 3.08. The van der Waals surface area contributed by atoms with Gasteiger partial charge >= 0.3 is 12.0 Å². The second-order valence-corrected chi connectivity index (χ2v) is 5.79. The number of nitrogens with zero attached hydrogens (tertiary/aromatic N) is 2. The summed E-state index contributed by atoms with van der Waals surface area (Å²) in [4.78, 5) is 38.5. The fourth-order valence-electron chi connectivity index (χ4n) is 2.39. The highest BCUT2D eigenvalue weighted by Crippen LogP contribution is 2.12. The second kappa shape index (κ2) is 8.65. The number of halogens is 1. The van der Waals surface area contributed by atoms with Crippen molar-refractivity contribution < 1.29 is 19.1 Å². The summed E-state index contributed by atoms with van der Waals surface area (Å²) >= 11 is 5.87. The van der Waals surface area contributed by atoms with E-state index in [1.165, 1.54) is 0 Å². The Morgan fingerprint density at radius 1 is 1.29 bits per heavy atom. The van der Waals surface area contributed by atoms with Crippen LogP contribution in [-0.4, -0.2) is 60.5 Å². The Kier molecular flexibility index (Phi) is 6.57. The van der Waals surface area contributed by atoms with Crippen LogP contribution in [0.1, 0.15) is 12.5 Å². The van der Waals surface area contributed by atoms with Crippen molar-refractivity contribution in [2.45, 2.75) is 13.5 Å². The predicted molar refractivity (Wildman–Crippen MR) is 88.5 cm³/mol. The summed E-state index contributed by atoms with van der Waals surface area (Å²) in [6, 6.07) is 6.74. The molecule has 1 N–H and O–H groups in total. The van der Waals surface area contributed by atoms with Crippen LogP contribution in [0.4, 0.5) is 4.79 Å². The number of imide groups is 1. The molecule has 1 aromatic rings. The van der Waals surface area contributed by atoms with Crippen LogP contribution < -0.4 is 5.32 Å². The highest BCUT2D eigenvalue weighted by atomic mass is 35.5. The van der Waals surface area contributed by atoms with Crippen molar-refractivity contribution in [2.24, 2.45) is 0 Å². The number of urea groups is 1. The van der Waals surface area contributed by atoms with Gasteiger partial charge in [0.25, 0.3) is 0 Å². The first-order valence-electron chi connectivity index (χ1n) is 7.70. The normalized spacial score (nSPS) is 14.0. The van der Waals surface area contributed by atoms with Crippen molar-refractivity contribution in [2.75, 3.05) is 32.8 Å². The minimum Gasteiger partial charge on any atom is -0.465 e. The maximum atomic E-state index is 12.3. The van der Waals surface area contributed by atoms with E-state index in [9.17, 15) is 14.4 Å². The first kappa shape index (κ1) is 18.2. The van der Waals surface area contributed by atoms with Crippen molar-refractivity contribution in [3.63, 3.8) is 0 Å². The van der Waals surface area contributed by atoms with Gasteiger partial charge in [-0.2, -0.15) is 0 Å². The third kappa shape index (κ3) is 5.21. The fourth-order valence-corrected chi connectivity index (χ4v) is 2.52. The summed E-state index contributed by atoms with van der Waals surface area (Å²) in [6.07, 6.45) is 0. The first-order valence-corrected chi connectivity index (χ1v) is 8.08. The molecule has 1 aliphatic heterocycles. The first-order chi connectivity index (χ1) is 11.5. The van der Waals surface area contributed by atoms with E-state index in [1.807, 2.05) is 12.1 Å². The number of esters is 1. The largest absolute Gasteiger partial charge is 0.465 e. The van der Waals surface area contributed by atoms with Crippen LogP contribution in [0.2, 0.25) is 5.02 Å². The van der Waals surface area contributed by atoms with Gasteiger partial charge < -0.3 is 10.1 Å². The highest BCUT2D eigenvalue weighted by Gasteiger charge is 2.28. The van der Waals surface area contributed by atoms with Gasteiger partial charge in [-0.1, -0.05) is 23.7 Å². The minimum atomic E-state index is -0.412. The molecule has 7 nitrogen and oxygen atoms in total. The number of hydrogen-bond acceptors (Lipinski definition) is 5. The maximum absolute atomic E-state index is 12.3. The number of benzene rings is 1. The molecule has 1 aromatic carbocycles. The van der Waals surface area contributed by atoms with E-state index < -0.39 is 12.0 Å². The average Bonchev–Trinajstić information content (AvgIpc) is 2.96. The fraction of sp³-hybridized carbons (Fsp3) is 0.438. The van der Waals surface area contributed by atoms with Gasteiger partial charge in [0.05, 0.1) is 19.7 Å². The van der Waals surface area contributed by atoms with Crippen LogP contribution in [0.15, 0.2) is 24.3 Å². The Balaban J connectivity index is 2.03. The molecule has 1 aliphatic rings. The number of carbonyl (C=O) groups is 3. The van der Waals surface area contributed by atoms with Gasteiger partial charge in [0, 0.05) is 24.7 Å². The number of ether oxygens (including phenoxy) is 1. The SMILES string of the molecule is CCOC(=O)CN(CC(=O)N1CCNC1=O)Cc1ccc(Cl)cc1. The van der Waals surface area contributed by atoms with Gasteiger partial charge in [-0.15, -0.1) is 0 Å². The van der Waals surface area contributed by atoms with Crippen LogP contribution in [0.25, 0.3) is 0 Å². The van der Waals surface area contributed by atoms with Crippen LogP contribution in [-0.2, 0) is 20.9 Å². The van der Waals surface area contributed by atoms with E-state index >= 15 is 0 Å². The third-order valence-electron chi connectivity index (χ3n) is 3.49. The van der Waals surface area contributed by atoms with Crippen molar-refractivity contribution >= 4 is 29.5 Å². The molecule has 2 rings (SSSR count). The summed E-state index contributed by atoms with van der Waals surface area (Å²) in [5, 5.41) is 3.19. The molecule has 3 amide bonds. The zero-order valence-corrected chi connectivity index (χ0v) is 14.2. The molecular formula is C16H20ClN3O4. The molecule has 8 heteroatoms. The lowest BCUT2D eigenvalue weighted by molar-refractivity contribution is -0.145. The zero-order chi connectivity index (χ0) is 17.5. The third-order valence-corrected chi connectivity index (χ3v) is 3.75. The number of carbonyl (C=O) groups excluding carboxylic acids is 3. The smallest absolute Gasteiger partial charge is 0.324 e. The molecule has 0 radical (unpaired) electrons. The number of hydrogen-bond donors (Lipinski definition) is 1. The van der Waals surface area contributed by atoms with Gasteiger partial charge in [0.2, 0.25) is 5.91 Å². The van der Waals surface area contributed by atoms with E-state index in [1.54, 1.807) is 24.0 Å². The zero-order valence-electron chi connectivity index (χ0n) is 13.5. The molecule has 0 bridgehead atoms. The molecule has 24 heavy (non-hydrogen) atoms. The average molecular weight is 354 g/mol. The van der Waals surface area contributed by atoms with Crippen molar-refractivity contribution in [1.82, 2.24) is 15.1 Å². The van der Waals surface area contributed by atoms with E-state index in [-0.39, 0.29) is 25.6 Å². The Labute approximate surface area is 145 Å². The standard InChI is InChI=1S/C16H20ClN3O4/c1-2-24-15(22)11-19(9-12-3-5-13(17)6-4-12)10-14(21)20-8-7-18-16(20)23/h3-6H,2,7-11H2,1H3,(H,18,23). The molecule has 0 spiro atoms. The van der Waals surface area contributed by atoms with Gasteiger partial charge in [0.15, 0.2) is 0 Å². The van der Waals surface area contributed by atoms with Gasteiger partial charge in [-0.3, -0.25) is 19.4 Å². The van der Waals surface area contributed by atoms with Crippen LogP contribution in [0.5, 0.6) is 0 Å². The van der Waals surface area contributed by atoms with Gasteiger partial charge in [-0.25, -0.2) is 4.79 Å². The van der Waals surface area contributed by atoms with E-state index in [0.29, 0.717) is 24.7 Å². The minimum absolute atomic E-state index is 0.0301. The highest BCUT2D eigenvalue weighted by molar-refractivity contribution is 6.30. The quantitative estimate of drug-likeness (QED) is 0.746. The van der Waals surface area contributed by atoms with Gasteiger partial charge in [0.1, 0.15) is 0 Å². The molecule has 0 saturated carbocycles. The number of nitrogens with one attached hydrogen (secondary N) is 1. The molecular weight excluding hydrogens is 334 g/mol.